The predicted octanol–water partition coefficient (Wildman–Crippen LogP) is 1.33. The lowest BCUT2D eigenvalue weighted by molar-refractivity contribution is -0.141. The number of carboxylic acids is 2. The lowest BCUT2D eigenvalue weighted by atomic mass is 10.1. The quantitative estimate of drug-likeness (QED) is 0.701. The van der Waals surface area contributed by atoms with Gasteiger partial charge in [0.25, 0.3) is 0 Å². The number of carbonyl (C=O) groups is 2. The van der Waals surface area contributed by atoms with Gasteiger partial charge in [-0.1, -0.05) is 6.07 Å². The highest BCUT2D eigenvalue weighted by molar-refractivity contribution is 7.10. The number of nitrogens with one attached hydrogen (secondary N) is 1. The molecule has 0 aliphatic heterocycles. The van der Waals surface area contributed by atoms with Crippen LogP contribution in [0.3, 0.4) is 0 Å². The molecule has 5 nitrogen and oxygen atoms in total. The standard InChI is InChI=1S/C10H13NO4S/c1-6(10(14)15)11-7(5-9(12)13)8-3-2-4-16-8/h2-4,6-7,11H,5H2,1H3,(H,12,13)(H,14,15). The highest BCUT2D eigenvalue weighted by atomic mass is 32.1. The largest absolute Gasteiger partial charge is 0.481 e. The van der Waals surface area contributed by atoms with Gasteiger partial charge in [0.2, 0.25) is 0 Å². The van der Waals surface area contributed by atoms with Crippen LogP contribution in [0.1, 0.15) is 24.3 Å². The van der Waals surface area contributed by atoms with Crippen LogP contribution in [-0.2, 0) is 9.59 Å². The van der Waals surface area contributed by atoms with Gasteiger partial charge in [0, 0.05) is 4.88 Å². The third-order valence-corrected chi connectivity index (χ3v) is 3.07. The normalized spacial score (nSPS) is 14.3. The van der Waals surface area contributed by atoms with Crippen molar-refractivity contribution in [3.05, 3.63) is 22.4 Å². The van der Waals surface area contributed by atoms with Gasteiger partial charge in [-0.05, 0) is 18.4 Å². The van der Waals surface area contributed by atoms with E-state index in [1.54, 1.807) is 6.07 Å². The van der Waals surface area contributed by atoms with Gasteiger partial charge in [-0.2, -0.15) is 0 Å². The highest BCUT2D eigenvalue weighted by Gasteiger charge is 2.21. The molecule has 0 spiro atoms. The molecule has 3 N–H and O–H groups in total. The van der Waals surface area contributed by atoms with Crippen LogP contribution < -0.4 is 5.32 Å². The van der Waals surface area contributed by atoms with Crippen molar-refractivity contribution >= 4 is 23.3 Å². The third-order valence-electron chi connectivity index (χ3n) is 2.09. The maximum Gasteiger partial charge on any atom is 0.320 e. The van der Waals surface area contributed by atoms with E-state index in [2.05, 4.69) is 5.32 Å². The van der Waals surface area contributed by atoms with E-state index in [1.165, 1.54) is 18.3 Å². The van der Waals surface area contributed by atoms with Crippen molar-refractivity contribution in [2.24, 2.45) is 0 Å². The molecular formula is C10H13NO4S. The number of thiophene rings is 1. The minimum Gasteiger partial charge on any atom is -0.481 e. The molecule has 6 heteroatoms. The summed E-state index contributed by atoms with van der Waals surface area (Å²) >= 11 is 1.41. The number of hydrogen-bond acceptors (Lipinski definition) is 4. The van der Waals surface area contributed by atoms with Crippen LogP contribution in [0, 0.1) is 0 Å². The fourth-order valence-electron chi connectivity index (χ4n) is 1.28. The molecule has 1 rings (SSSR count). The Morgan fingerprint density at radius 3 is 2.62 bits per heavy atom. The molecule has 1 aromatic heterocycles. The summed E-state index contributed by atoms with van der Waals surface area (Å²) in [5, 5.41) is 22.1. The molecule has 0 bridgehead atoms. The van der Waals surface area contributed by atoms with Crippen LogP contribution >= 0.6 is 11.3 Å². The second kappa shape index (κ2) is 5.62. The summed E-state index contributed by atoms with van der Waals surface area (Å²) in [5.41, 5.74) is 0. The molecule has 2 unspecified atom stereocenters. The molecule has 1 aromatic rings. The molecule has 0 fully saturated rings. The van der Waals surface area contributed by atoms with Crippen LogP contribution in [0.5, 0.6) is 0 Å². The molecule has 0 saturated heterocycles. The lowest BCUT2D eigenvalue weighted by Gasteiger charge is -2.18. The van der Waals surface area contributed by atoms with E-state index < -0.39 is 24.0 Å². The molecule has 0 radical (unpaired) electrons. The van der Waals surface area contributed by atoms with Crippen molar-refractivity contribution in [2.45, 2.75) is 25.4 Å². The van der Waals surface area contributed by atoms with Crippen molar-refractivity contribution in [1.82, 2.24) is 5.32 Å². The first-order valence-corrected chi connectivity index (χ1v) is 5.62. The first kappa shape index (κ1) is 12.7. The molecule has 0 aromatic carbocycles. The molecule has 0 aliphatic carbocycles. The Labute approximate surface area is 96.7 Å². The monoisotopic (exact) mass is 243 g/mol. The third kappa shape index (κ3) is 3.63. The maximum atomic E-state index is 10.7. The lowest BCUT2D eigenvalue weighted by Crippen LogP contribution is -2.37. The smallest absolute Gasteiger partial charge is 0.320 e. The molecule has 1 heterocycles. The summed E-state index contributed by atoms with van der Waals surface area (Å²) in [4.78, 5) is 22.2. The zero-order valence-electron chi connectivity index (χ0n) is 8.71. The minimum atomic E-state index is -0.994. The van der Waals surface area contributed by atoms with Gasteiger partial charge in [0.15, 0.2) is 0 Å². The number of aliphatic carboxylic acids is 2. The van der Waals surface area contributed by atoms with Crippen LogP contribution in [0.15, 0.2) is 17.5 Å². The highest BCUT2D eigenvalue weighted by Crippen LogP contribution is 2.22. The van der Waals surface area contributed by atoms with Crippen LogP contribution in [0.4, 0.5) is 0 Å². The molecule has 88 valence electrons. The topological polar surface area (TPSA) is 86.6 Å². The summed E-state index contributed by atoms with van der Waals surface area (Å²) in [5.74, 6) is -1.95. The number of rotatable bonds is 6. The molecule has 16 heavy (non-hydrogen) atoms. The summed E-state index contributed by atoms with van der Waals surface area (Å²) in [7, 11) is 0. The van der Waals surface area contributed by atoms with Crippen molar-refractivity contribution in [2.75, 3.05) is 0 Å². The Bertz CT molecular complexity index is 363. The SMILES string of the molecule is CC(NC(CC(=O)O)c1cccs1)C(=O)O. The summed E-state index contributed by atoms with van der Waals surface area (Å²) in [6, 6.07) is 2.37. The first-order valence-electron chi connectivity index (χ1n) is 4.74. The van der Waals surface area contributed by atoms with Gasteiger partial charge in [0.1, 0.15) is 6.04 Å². The van der Waals surface area contributed by atoms with Gasteiger partial charge in [-0.25, -0.2) is 0 Å². The second-order valence-electron chi connectivity index (χ2n) is 3.39. The minimum absolute atomic E-state index is 0.127. The fourth-order valence-corrected chi connectivity index (χ4v) is 2.07. The molecule has 2 atom stereocenters. The molecule has 0 saturated carbocycles. The Kier molecular flexibility index (Phi) is 4.45. The Hall–Kier alpha value is -1.40. The van der Waals surface area contributed by atoms with Crippen molar-refractivity contribution in [1.29, 1.82) is 0 Å². The van der Waals surface area contributed by atoms with Crippen LogP contribution in [0.25, 0.3) is 0 Å². The molecule has 0 amide bonds. The van der Waals surface area contributed by atoms with Crippen molar-refractivity contribution in [3.8, 4) is 0 Å². The number of carboxylic acid groups (broad SMARTS) is 2. The van der Waals surface area contributed by atoms with Gasteiger partial charge in [0.05, 0.1) is 12.5 Å². The van der Waals surface area contributed by atoms with Crippen LogP contribution in [-0.4, -0.2) is 28.2 Å². The first-order chi connectivity index (χ1) is 7.50. The van der Waals surface area contributed by atoms with Gasteiger partial charge < -0.3 is 10.2 Å². The van der Waals surface area contributed by atoms with Crippen LogP contribution in [0.2, 0.25) is 0 Å². The predicted molar refractivity (Wildman–Crippen MR) is 59.5 cm³/mol. The second-order valence-corrected chi connectivity index (χ2v) is 4.37. The molecule has 0 aliphatic rings. The van der Waals surface area contributed by atoms with E-state index in [-0.39, 0.29) is 6.42 Å². The zero-order chi connectivity index (χ0) is 12.1. The summed E-state index contributed by atoms with van der Waals surface area (Å²) < 4.78 is 0. The maximum absolute atomic E-state index is 10.7. The fraction of sp³-hybridized carbons (Fsp3) is 0.400. The Morgan fingerprint density at radius 1 is 1.50 bits per heavy atom. The Balaban J connectivity index is 2.72. The van der Waals surface area contributed by atoms with E-state index >= 15 is 0 Å². The van der Waals surface area contributed by atoms with Crippen molar-refractivity contribution < 1.29 is 19.8 Å². The number of hydrogen-bond donors (Lipinski definition) is 3. The van der Waals surface area contributed by atoms with E-state index in [0.29, 0.717) is 0 Å². The molecular weight excluding hydrogens is 230 g/mol. The van der Waals surface area contributed by atoms with E-state index in [9.17, 15) is 9.59 Å². The average molecular weight is 243 g/mol. The van der Waals surface area contributed by atoms with E-state index in [0.717, 1.165) is 4.88 Å². The zero-order valence-corrected chi connectivity index (χ0v) is 9.53. The van der Waals surface area contributed by atoms with Gasteiger partial charge >= 0.3 is 11.9 Å². The average Bonchev–Trinajstić information content (AvgIpc) is 2.68. The Morgan fingerprint density at radius 2 is 2.19 bits per heavy atom. The van der Waals surface area contributed by atoms with Gasteiger partial charge in [-0.15, -0.1) is 11.3 Å². The van der Waals surface area contributed by atoms with Gasteiger partial charge in [-0.3, -0.25) is 14.9 Å². The summed E-state index contributed by atoms with van der Waals surface area (Å²) in [6.07, 6.45) is -0.127. The van der Waals surface area contributed by atoms with E-state index in [4.69, 9.17) is 10.2 Å². The van der Waals surface area contributed by atoms with E-state index in [1.807, 2.05) is 11.4 Å². The van der Waals surface area contributed by atoms with Crippen molar-refractivity contribution in [3.63, 3.8) is 0 Å². The summed E-state index contributed by atoms with van der Waals surface area (Å²) in [6.45, 7) is 1.49.